The molecule has 0 spiro atoms. The molecule has 0 fully saturated rings. The van der Waals surface area contributed by atoms with Gasteiger partial charge in [-0.1, -0.05) is 0 Å². The first-order valence-electron chi connectivity index (χ1n) is 8.78. The molecule has 0 aliphatic heterocycles. The van der Waals surface area contributed by atoms with Gasteiger partial charge in [0.1, 0.15) is 17.2 Å². The average molecular weight is 435 g/mol. The zero-order valence-electron chi connectivity index (χ0n) is 16.6. The van der Waals surface area contributed by atoms with Crippen LogP contribution >= 0.6 is 0 Å². The third-order valence-corrected chi connectivity index (χ3v) is 3.78. The summed E-state index contributed by atoms with van der Waals surface area (Å²) in [6.07, 6.45) is 2.52. The molecule has 31 heavy (non-hydrogen) atoms. The van der Waals surface area contributed by atoms with Crippen LogP contribution in [-0.2, 0) is 14.3 Å². The van der Waals surface area contributed by atoms with Gasteiger partial charge in [0.25, 0.3) is 11.8 Å². The van der Waals surface area contributed by atoms with E-state index in [4.69, 9.17) is 14.2 Å². The van der Waals surface area contributed by atoms with E-state index in [2.05, 4.69) is 4.74 Å². The number of hydrogen-bond donors (Lipinski definition) is 1. The summed E-state index contributed by atoms with van der Waals surface area (Å²) < 4.78 is 43.5. The lowest BCUT2D eigenvalue weighted by Gasteiger charge is -2.07. The normalized spacial score (nSPS) is 10.6. The minimum Gasteiger partial charge on any atom is -0.497 e. The first-order valence-corrected chi connectivity index (χ1v) is 8.78. The summed E-state index contributed by atoms with van der Waals surface area (Å²) in [5, 5.41) is 2.01. The van der Waals surface area contributed by atoms with Gasteiger partial charge in [-0.05, 0) is 48.5 Å². The van der Waals surface area contributed by atoms with Gasteiger partial charge in [-0.25, -0.2) is 4.79 Å². The highest BCUT2D eigenvalue weighted by molar-refractivity contribution is 6.05. The molecule has 2 aromatic rings. The third-order valence-electron chi connectivity index (χ3n) is 3.78. The quantitative estimate of drug-likeness (QED) is 0.478. The van der Waals surface area contributed by atoms with Crippen molar-refractivity contribution in [2.75, 3.05) is 20.8 Å². The Labute approximate surface area is 176 Å². The Morgan fingerprint density at radius 1 is 1.00 bits per heavy atom. The number of hydrogen-bond acceptors (Lipinski definition) is 7. The number of methoxy groups -OCH3 is 2. The molecule has 2 amide bonds. The van der Waals surface area contributed by atoms with Crippen molar-refractivity contribution in [1.29, 1.82) is 0 Å². The Kier molecular flexibility index (Phi) is 8.50. The SMILES string of the molecule is COc1ccc(OC)c(C=CC(=O)OCC(=O)NC(=O)c2ccc(OC(F)F)cc2)c1. The van der Waals surface area contributed by atoms with E-state index in [1.807, 2.05) is 5.32 Å². The maximum absolute atomic E-state index is 12.1. The largest absolute Gasteiger partial charge is 0.497 e. The molecule has 10 heteroatoms. The van der Waals surface area contributed by atoms with Crippen molar-refractivity contribution in [1.82, 2.24) is 5.32 Å². The van der Waals surface area contributed by atoms with Gasteiger partial charge >= 0.3 is 12.6 Å². The van der Waals surface area contributed by atoms with Gasteiger partial charge in [0.2, 0.25) is 0 Å². The first kappa shape index (κ1) is 23.3. The lowest BCUT2D eigenvalue weighted by Crippen LogP contribution is -2.34. The van der Waals surface area contributed by atoms with Crippen molar-refractivity contribution >= 4 is 23.9 Å². The average Bonchev–Trinajstić information content (AvgIpc) is 2.76. The number of carbonyl (C=O) groups excluding carboxylic acids is 3. The number of alkyl halides is 2. The van der Waals surface area contributed by atoms with Crippen LogP contribution < -0.4 is 19.5 Å². The van der Waals surface area contributed by atoms with Crippen molar-refractivity contribution in [3.05, 3.63) is 59.7 Å². The maximum atomic E-state index is 12.1. The summed E-state index contributed by atoms with van der Waals surface area (Å²) in [4.78, 5) is 35.6. The van der Waals surface area contributed by atoms with E-state index in [0.29, 0.717) is 17.1 Å². The molecule has 0 saturated heterocycles. The van der Waals surface area contributed by atoms with E-state index in [9.17, 15) is 23.2 Å². The molecule has 0 radical (unpaired) electrons. The van der Waals surface area contributed by atoms with Gasteiger partial charge in [0, 0.05) is 17.2 Å². The number of esters is 1. The van der Waals surface area contributed by atoms with Crippen LogP contribution in [-0.4, -0.2) is 45.2 Å². The van der Waals surface area contributed by atoms with Crippen molar-refractivity contribution in [2.45, 2.75) is 6.61 Å². The maximum Gasteiger partial charge on any atom is 0.387 e. The van der Waals surface area contributed by atoms with Gasteiger partial charge < -0.3 is 18.9 Å². The molecule has 0 aromatic heterocycles. The van der Waals surface area contributed by atoms with Crippen LogP contribution in [0.3, 0.4) is 0 Å². The molecule has 0 aliphatic rings. The number of nitrogens with one attached hydrogen (secondary N) is 1. The van der Waals surface area contributed by atoms with Crippen LogP contribution in [0, 0.1) is 0 Å². The van der Waals surface area contributed by atoms with Crippen LogP contribution in [0.15, 0.2) is 48.5 Å². The number of benzene rings is 2. The van der Waals surface area contributed by atoms with Gasteiger partial charge in [-0.2, -0.15) is 8.78 Å². The minimum absolute atomic E-state index is 0.0336. The molecule has 8 nitrogen and oxygen atoms in total. The molecule has 0 bridgehead atoms. The van der Waals surface area contributed by atoms with Crippen molar-refractivity contribution in [3.63, 3.8) is 0 Å². The summed E-state index contributed by atoms with van der Waals surface area (Å²) in [6.45, 7) is -3.69. The fourth-order valence-electron chi connectivity index (χ4n) is 2.33. The fraction of sp³-hybridized carbons (Fsp3) is 0.190. The molecule has 164 valence electrons. The van der Waals surface area contributed by atoms with Crippen molar-refractivity contribution in [3.8, 4) is 17.2 Å². The van der Waals surface area contributed by atoms with E-state index in [-0.39, 0.29) is 11.3 Å². The Balaban J connectivity index is 1.86. The lowest BCUT2D eigenvalue weighted by atomic mass is 10.1. The lowest BCUT2D eigenvalue weighted by molar-refractivity contribution is -0.143. The number of rotatable bonds is 9. The molecular formula is C21H19F2NO7. The molecule has 2 rings (SSSR count). The van der Waals surface area contributed by atoms with Gasteiger partial charge in [-0.3, -0.25) is 14.9 Å². The van der Waals surface area contributed by atoms with Gasteiger partial charge in [0.15, 0.2) is 6.61 Å². The Morgan fingerprint density at radius 2 is 1.68 bits per heavy atom. The predicted octanol–water partition coefficient (Wildman–Crippen LogP) is 2.82. The highest BCUT2D eigenvalue weighted by Gasteiger charge is 2.13. The van der Waals surface area contributed by atoms with Crippen LogP contribution in [0.1, 0.15) is 15.9 Å². The summed E-state index contributed by atoms with van der Waals surface area (Å²) >= 11 is 0. The Morgan fingerprint density at radius 3 is 2.29 bits per heavy atom. The first-order chi connectivity index (χ1) is 14.8. The fourth-order valence-corrected chi connectivity index (χ4v) is 2.33. The number of carbonyl (C=O) groups is 3. The molecule has 2 aromatic carbocycles. The molecule has 0 saturated carbocycles. The molecular weight excluding hydrogens is 416 g/mol. The van der Waals surface area contributed by atoms with E-state index < -0.39 is 31.0 Å². The third kappa shape index (κ3) is 7.42. The second kappa shape index (κ2) is 11.3. The monoisotopic (exact) mass is 435 g/mol. The van der Waals surface area contributed by atoms with Crippen LogP contribution in [0.5, 0.6) is 17.2 Å². The van der Waals surface area contributed by atoms with Crippen LogP contribution in [0.2, 0.25) is 0 Å². The summed E-state index contributed by atoms with van der Waals surface area (Å²) in [5.74, 6) is -1.55. The zero-order chi connectivity index (χ0) is 22.8. The topological polar surface area (TPSA) is 100 Å². The number of halogens is 2. The van der Waals surface area contributed by atoms with Crippen molar-refractivity contribution < 1.29 is 42.1 Å². The standard InChI is InChI=1S/C21H19F2NO7/c1-28-16-8-9-17(29-2)14(11-16)5-10-19(26)30-12-18(25)24-20(27)13-3-6-15(7-4-13)31-21(22)23/h3-11,21H,12H2,1-2H3,(H,24,25,27). The Bertz CT molecular complexity index is 959. The summed E-state index contributed by atoms with van der Waals surface area (Å²) in [6, 6.07) is 9.72. The van der Waals surface area contributed by atoms with Gasteiger partial charge in [0.05, 0.1) is 14.2 Å². The summed E-state index contributed by atoms with van der Waals surface area (Å²) in [5.41, 5.74) is 0.587. The second-order valence-electron chi connectivity index (χ2n) is 5.83. The van der Waals surface area contributed by atoms with Crippen LogP contribution in [0.4, 0.5) is 8.78 Å². The molecule has 0 unspecified atom stereocenters. The summed E-state index contributed by atoms with van der Waals surface area (Å²) in [7, 11) is 2.97. The highest BCUT2D eigenvalue weighted by Crippen LogP contribution is 2.25. The van der Waals surface area contributed by atoms with E-state index >= 15 is 0 Å². The van der Waals surface area contributed by atoms with E-state index in [1.165, 1.54) is 32.4 Å². The Hall–Kier alpha value is -3.95. The molecule has 1 N–H and O–H groups in total. The zero-order valence-corrected chi connectivity index (χ0v) is 16.6. The number of ether oxygens (including phenoxy) is 4. The van der Waals surface area contributed by atoms with Crippen molar-refractivity contribution in [2.24, 2.45) is 0 Å². The molecule has 0 aliphatic carbocycles. The molecule has 0 atom stereocenters. The smallest absolute Gasteiger partial charge is 0.387 e. The van der Waals surface area contributed by atoms with Crippen LogP contribution in [0.25, 0.3) is 6.08 Å². The molecule has 0 heterocycles. The predicted molar refractivity (Wildman–Crippen MR) is 105 cm³/mol. The highest BCUT2D eigenvalue weighted by atomic mass is 19.3. The number of amides is 2. The minimum atomic E-state index is -2.99. The number of imide groups is 1. The van der Waals surface area contributed by atoms with E-state index in [1.54, 1.807) is 18.2 Å². The van der Waals surface area contributed by atoms with E-state index in [0.717, 1.165) is 18.2 Å². The second-order valence-corrected chi connectivity index (χ2v) is 5.83. The van der Waals surface area contributed by atoms with Gasteiger partial charge in [-0.15, -0.1) is 0 Å².